The van der Waals surface area contributed by atoms with Gasteiger partial charge in [-0.15, -0.1) is 0 Å². The summed E-state index contributed by atoms with van der Waals surface area (Å²) < 4.78 is 1.54. The molecule has 0 aliphatic heterocycles. The van der Waals surface area contributed by atoms with Gasteiger partial charge in [-0.2, -0.15) is 5.10 Å². The molecular weight excluding hydrogens is 309 g/mol. The van der Waals surface area contributed by atoms with Crippen molar-refractivity contribution in [2.24, 2.45) is 5.41 Å². The number of rotatable bonds is 3. The van der Waals surface area contributed by atoms with Crippen molar-refractivity contribution >= 4 is 35.0 Å². The second-order valence-corrected chi connectivity index (χ2v) is 6.69. The minimum absolute atomic E-state index is 0.351. The Balaban J connectivity index is 2.52. The third kappa shape index (κ3) is 3.84. The van der Waals surface area contributed by atoms with Gasteiger partial charge < -0.3 is 5.11 Å². The highest BCUT2D eigenvalue weighted by atomic mass is 35.5. The van der Waals surface area contributed by atoms with Gasteiger partial charge in [0.15, 0.2) is 0 Å². The van der Waals surface area contributed by atoms with E-state index in [-0.39, 0.29) is 5.41 Å². The zero-order valence-corrected chi connectivity index (χ0v) is 13.6. The topological polar surface area (TPSA) is 50.9 Å². The Morgan fingerprint density at radius 1 is 1.33 bits per heavy atom. The lowest BCUT2D eigenvalue weighted by Gasteiger charge is -2.28. The van der Waals surface area contributed by atoms with Crippen molar-refractivity contribution in [2.45, 2.75) is 26.9 Å². The van der Waals surface area contributed by atoms with Crippen LogP contribution in [0.15, 0.2) is 30.9 Å². The van der Waals surface area contributed by atoms with E-state index in [1.165, 1.54) is 6.33 Å². The molecule has 1 aromatic carbocycles. The third-order valence-electron chi connectivity index (χ3n) is 3.05. The summed E-state index contributed by atoms with van der Waals surface area (Å²) in [7, 11) is 0. The summed E-state index contributed by atoms with van der Waals surface area (Å²) in [5, 5.41) is 15.8. The maximum atomic E-state index is 10.6. The van der Waals surface area contributed by atoms with Gasteiger partial charge in [0, 0.05) is 10.0 Å². The average molecular weight is 326 g/mol. The average Bonchev–Trinajstić information content (AvgIpc) is 2.90. The van der Waals surface area contributed by atoms with Gasteiger partial charge in [0.25, 0.3) is 0 Å². The first-order chi connectivity index (χ1) is 9.79. The Hall–Kier alpha value is -1.36. The smallest absolute Gasteiger partial charge is 0.138 e. The summed E-state index contributed by atoms with van der Waals surface area (Å²) in [5.74, 6) is 0. The van der Waals surface area contributed by atoms with Crippen LogP contribution in [0.5, 0.6) is 0 Å². The van der Waals surface area contributed by atoms with Crippen LogP contribution in [0.2, 0.25) is 10.0 Å². The van der Waals surface area contributed by atoms with E-state index in [4.69, 9.17) is 23.2 Å². The molecular formula is C15H17Cl2N3O. The Morgan fingerprint density at radius 3 is 2.57 bits per heavy atom. The van der Waals surface area contributed by atoms with E-state index < -0.39 is 6.10 Å². The summed E-state index contributed by atoms with van der Waals surface area (Å²) in [5.41, 5.74) is 1.01. The van der Waals surface area contributed by atoms with Gasteiger partial charge in [0.2, 0.25) is 0 Å². The van der Waals surface area contributed by atoms with E-state index in [1.54, 1.807) is 35.3 Å². The third-order valence-corrected chi connectivity index (χ3v) is 3.61. The molecule has 0 spiro atoms. The first kappa shape index (κ1) is 16.0. The van der Waals surface area contributed by atoms with Gasteiger partial charge in [0.1, 0.15) is 18.8 Å². The van der Waals surface area contributed by atoms with Gasteiger partial charge in [-0.1, -0.05) is 50.0 Å². The van der Waals surface area contributed by atoms with Crippen LogP contribution in [0, 0.1) is 5.41 Å². The van der Waals surface area contributed by atoms with Crippen molar-refractivity contribution in [1.82, 2.24) is 14.8 Å². The predicted octanol–water partition coefficient (Wildman–Crippen LogP) is 3.99. The molecule has 0 bridgehead atoms. The van der Waals surface area contributed by atoms with Crippen molar-refractivity contribution in [3.05, 3.63) is 46.5 Å². The first-order valence-corrected chi connectivity index (χ1v) is 7.24. The molecule has 21 heavy (non-hydrogen) atoms. The SMILES string of the molecule is CC(C)(C)C(O)C(=Cc1ccc(Cl)cc1Cl)n1cncn1. The van der Waals surface area contributed by atoms with E-state index in [2.05, 4.69) is 10.1 Å². The molecule has 1 heterocycles. The minimum Gasteiger partial charge on any atom is -0.386 e. The molecule has 4 nitrogen and oxygen atoms in total. The standard InChI is InChI=1S/C15H17Cl2N3O/c1-15(2,3)14(21)13(20-9-18-8-19-20)6-10-4-5-11(16)7-12(10)17/h4-9,14,21H,1-3H3. The number of aliphatic hydroxyl groups is 1. The second-order valence-electron chi connectivity index (χ2n) is 5.84. The molecule has 6 heteroatoms. The van der Waals surface area contributed by atoms with Crippen LogP contribution >= 0.6 is 23.2 Å². The molecule has 0 radical (unpaired) electrons. The minimum atomic E-state index is -0.731. The molecule has 0 saturated carbocycles. The molecule has 0 fully saturated rings. The summed E-state index contributed by atoms with van der Waals surface area (Å²) in [4.78, 5) is 3.93. The zero-order chi connectivity index (χ0) is 15.6. The van der Waals surface area contributed by atoms with E-state index >= 15 is 0 Å². The zero-order valence-electron chi connectivity index (χ0n) is 12.1. The largest absolute Gasteiger partial charge is 0.386 e. The highest BCUT2D eigenvalue weighted by Crippen LogP contribution is 2.30. The van der Waals surface area contributed by atoms with Crippen molar-refractivity contribution < 1.29 is 5.11 Å². The highest BCUT2D eigenvalue weighted by Gasteiger charge is 2.27. The summed E-state index contributed by atoms with van der Waals surface area (Å²) in [6.45, 7) is 5.85. The lowest BCUT2D eigenvalue weighted by Crippen LogP contribution is -2.29. The van der Waals surface area contributed by atoms with Gasteiger partial charge in [-0.25, -0.2) is 9.67 Å². The Labute approximate surface area is 134 Å². The Morgan fingerprint density at radius 2 is 2.05 bits per heavy atom. The number of halogens is 2. The van der Waals surface area contributed by atoms with Crippen LogP contribution in [-0.4, -0.2) is 26.0 Å². The molecule has 1 aromatic heterocycles. The van der Waals surface area contributed by atoms with Crippen molar-refractivity contribution in [1.29, 1.82) is 0 Å². The number of hydrogen-bond acceptors (Lipinski definition) is 3. The fourth-order valence-corrected chi connectivity index (χ4v) is 2.30. The van der Waals surface area contributed by atoms with Crippen LogP contribution in [0.25, 0.3) is 11.8 Å². The van der Waals surface area contributed by atoms with Crippen molar-refractivity contribution in [3.63, 3.8) is 0 Å². The van der Waals surface area contributed by atoms with Crippen molar-refractivity contribution in [2.75, 3.05) is 0 Å². The second kappa shape index (κ2) is 6.18. The molecule has 2 aromatic rings. The number of aliphatic hydroxyl groups excluding tert-OH is 1. The fraction of sp³-hybridized carbons (Fsp3) is 0.333. The van der Waals surface area contributed by atoms with Crippen LogP contribution in [-0.2, 0) is 0 Å². The predicted molar refractivity (Wildman–Crippen MR) is 86.1 cm³/mol. The summed E-state index contributed by atoms with van der Waals surface area (Å²) >= 11 is 12.1. The fourth-order valence-electron chi connectivity index (χ4n) is 1.83. The molecule has 1 unspecified atom stereocenters. The molecule has 0 amide bonds. The van der Waals surface area contributed by atoms with Gasteiger partial charge in [-0.3, -0.25) is 0 Å². The quantitative estimate of drug-likeness (QED) is 0.928. The lowest BCUT2D eigenvalue weighted by molar-refractivity contribution is 0.109. The number of hydrogen-bond donors (Lipinski definition) is 1. The Kier molecular flexibility index (Phi) is 4.71. The first-order valence-electron chi connectivity index (χ1n) is 6.49. The highest BCUT2D eigenvalue weighted by molar-refractivity contribution is 6.35. The van der Waals surface area contributed by atoms with Crippen LogP contribution in [0.4, 0.5) is 0 Å². The maximum absolute atomic E-state index is 10.6. The van der Waals surface area contributed by atoms with Crippen LogP contribution in [0.3, 0.4) is 0 Å². The summed E-state index contributed by atoms with van der Waals surface area (Å²) in [6.07, 6.45) is 4.03. The number of nitrogens with zero attached hydrogens (tertiary/aromatic N) is 3. The normalized spacial score (nSPS) is 14.3. The maximum Gasteiger partial charge on any atom is 0.138 e. The molecule has 112 valence electrons. The summed E-state index contributed by atoms with van der Waals surface area (Å²) in [6, 6.07) is 5.22. The van der Waals surface area contributed by atoms with E-state index in [0.717, 1.165) is 5.56 Å². The lowest BCUT2D eigenvalue weighted by atomic mass is 9.86. The molecule has 0 saturated heterocycles. The molecule has 0 aliphatic carbocycles. The number of aromatic nitrogens is 3. The Bertz CT molecular complexity index is 645. The van der Waals surface area contributed by atoms with E-state index in [0.29, 0.717) is 15.7 Å². The molecule has 0 aliphatic rings. The molecule has 1 N–H and O–H groups in total. The molecule has 2 rings (SSSR count). The van der Waals surface area contributed by atoms with Gasteiger partial charge in [-0.05, 0) is 29.2 Å². The van der Waals surface area contributed by atoms with Crippen LogP contribution in [0.1, 0.15) is 26.3 Å². The molecule has 1 atom stereocenters. The van der Waals surface area contributed by atoms with Gasteiger partial charge in [0.05, 0.1) is 5.70 Å². The van der Waals surface area contributed by atoms with Gasteiger partial charge >= 0.3 is 0 Å². The van der Waals surface area contributed by atoms with Crippen molar-refractivity contribution in [3.8, 4) is 0 Å². The monoisotopic (exact) mass is 325 g/mol. The number of benzene rings is 1. The van der Waals surface area contributed by atoms with E-state index in [9.17, 15) is 5.11 Å². The van der Waals surface area contributed by atoms with E-state index in [1.807, 2.05) is 20.8 Å². The van der Waals surface area contributed by atoms with Crippen LogP contribution < -0.4 is 0 Å².